The summed E-state index contributed by atoms with van der Waals surface area (Å²) in [7, 11) is 0. The van der Waals surface area contributed by atoms with Gasteiger partial charge in [-0.3, -0.25) is 0 Å². The minimum Gasteiger partial charge on any atom is -0.394 e. The minimum atomic E-state index is 0.0898. The molecule has 0 spiro atoms. The van der Waals surface area contributed by atoms with Crippen LogP contribution >= 0.6 is 0 Å². The average Bonchev–Trinajstić information content (AvgIpc) is 3.33. The molecule has 0 bridgehead atoms. The van der Waals surface area contributed by atoms with Gasteiger partial charge in [0.2, 0.25) is 0 Å². The van der Waals surface area contributed by atoms with E-state index in [-0.39, 0.29) is 12.7 Å². The van der Waals surface area contributed by atoms with Gasteiger partial charge in [-0.2, -0.15) is 0 Å². The maximum Gasteiger partial charge on any atom is 0.137 e. The first kappa shape index (κ1) is 14.5. The second kappa shape index (κ2) is 6.15. The SMILES string of the molecule is Cc1c(N)nc(C2CC2)nc1N1CCC(OCCO)CC1. The van der Waals surface area contributed by atoms with E-state index >= 15 is 0 Å². The molecule has 1 saturated heterocycles. The highest BCUT2D eigenvalue weighted by molar-refractivity contribution is 5.57. The summed E-state index contributed by atoms with van der Waals surface area (Å²) in [5.74, 6) is 3.02. The topological polar surface area (TPSA) is 84.5 Å². The van der Waals surface area contributed by atoms with Crippen molar-refractivity contribution in [2.75, 3.05) is 36.9 Å². The van der Waals surface area contributed by atoms with Crippen molar-refractivity contribution in [1.29, 1.82) is 0 Å². The van der Waals surface area contributed by atoms with Crippen molar-refractivity contribution >= 4 is 11.6 Å². The largest absolute Gasteiger partial charge is 0.394 e. The Hall–Kier alpha value is -1.40. The van der Waals surface area contributed by atoms with Gasteiger partial charge in [0.25, 0.3) is 0 Å². The van der Waals surface area contributed by atoms with Gasteiger partial charge in [0.15, 0.2) is 0 Å². The number of piperidine rings is 1. The molecule has 0 radical (unpaired) electrons. The Morgan fingerprint density at radius 1 is 1.24 bits per heavy atom. The van der Waals surface area contributed by atoms with Gasteiger partial charge in [-0.1, -0.05) is 0 Å². The van der Waals surface area contributed by atoms with Crippen molar-refractivity contribution in [3.05, 3.63) is 11.4 Å². The lowest BCUT2D eigenvalue weighted by atomic mass is 10.1. The Bertz CT molecular complexity index is 497. The molecule has 1 aliphatic carbocycles. The molecular formula is C15H24N4O2. The summed E-state index contributed by atoms with van der Waals surface area (Å²) in [6.07, 6.45) is 4.53. The lowest BCUT2D eigenvalue weighted by Crippen LogP contribution is -2.38. The number of rotatable bonds is 5. The van der Waals surface area contributed by atoms with Crippen molar-refractivity contribution < 1.29 is 9.84 Å². The number of anilines is 2. The fraction of sp³-hybridized carbons (Fsp3) is 0.733. The quantitative estimate of drug-likeness (QED) is 0.849. The van der Waals surface area contributed by atoms with Crippen LogP contribution in [0, 0.1) is 6.92 Å². The number of hydrogen-bond acceptors (Lipinski definition) is 6. The average molecular weight is 292 g/mol. The first-order valence-corrected chi connectivity index (χ1v) is 7.80. The maximum absolute atomic E-state index is 8.82. The molecule has 0 atom stereocenters. The van der Waals surface area contributed by atoms with Gasteiger partial charge < -0.3 is 20.5 Å². The molecule has 2 fully saturated rings. The molecule has 1 aliphatic heterocycles. The van der Waals surface area contributed by atoms with Gasteiger partial charge in [0, 0.05) is 24.6 Å². The predicted molar refractivity (Wildman–Crippen MR) is 81.4 cm³/mol. The molecule has 0 unspecified atom stereocenters. The number of aliphatic hydroxyl groups excluding tert-OH is 1. The Morgan fingerprint density at radius 2 is 1.95 bits per heavy atom. The zero-order valence-corrected chi connectivity index (χ0v) is 12.6. The zero-order valence-electron chi connectivity index (χ0n) is 12.6. The number of hydrogen-bond donors (Lipinski definition) is 2. The summed E-state index contributed by atoms with van der Waals surface area (Å²) in [6.45, 7) is 4.34. The van der Waals surface area contributed by atoms with Crippen molar-refractivity contribution in [2.24, 2.45) is 0 Å². The van der Waals surface area contributed by atoms with Crippen LogP contribution in [-0.4, -0.2) is 47.5 Å². The van der Waals surface area contributed by atoms with Crippen LogP contribution < -0.4 is 10.6 Å². The molecule has 3 N–H and O–H groups in total. The molecule has 116 valence electrons. The highest BCUT2D eigenvalue weighted by Crippen LogP contribution is 2.39. The van der Waals surface area contributed by atoms with Crippen LogP contribution in [0.15, 0.2) is 0 Å². The molecule has 2 heterocycles. The lowest BCUT2D eigenvalue weighted by Gasteiger charge is -2.33. The number of aromatic nitrogens is 2. The van der Waals surface area contributed by atoms with E-state index in [1.54, 1.807) is 0 Å². The van der Waals surface area contributed by atoms with E-state index in [1.807, 2.05) is 6.92 Å². The van der Waals surface area contributed by atoms with Gasteiger partial charge in [0.1, 0.15) is 17.5 Å². The fourth-order valence-electron chi connectivity index (χ4n) is 2.82. The molecule has 1 aromatic heterocycles. The monoisotopic (exact) mass is 292 g/mol. The van der Waals surface area contributed by atoms with E-state index in [4.69, 9.17) is 20.6 Å². The summed E-state index contributed by atoms with van der Waals surface area (Å²) in [5.41, 5.74) is 7.04. The molecule has 2 aliphatic rings. The highest BCUT2D eigenvalue weighted by atomic mass is 16.5. The van der Waals surface area contributed by atoms with E-state index < -0.39 is 0 Å². The molecule has 6 nitrogen and oxygen atoms in total. The van der Waals surface area contributed by atoms with Crippen LogP contribution in [0.25, 0.3) is 0 Å². The Labute approximate surface area is 125 Å². The van der Waals surface area contributed by atoms with E-state index in [1.165, 1.54) is 12.8 Å². The van der Waals surface area contributed by atoms with E-state index in [2.05, 4.69) is 9.88 Å². The maximum atomic E-state index is 8.82. The summed E-state index contributed by atoms with van der Waals surface area (Å²) < 4.78 is 5.61. The normalized spacial score (nSPS) is 20.0. The fourth-order valence-corrected chi connectivity index (χ4v) is 2.82. The number of nitrogen functional groups attached to an aromatic ring is 1. The molecule has 1 aromatic rings. The zero-order chi connectivity index (χ0) is 14.8. The van der Waals surface area contributed by atoms with Gasteiger partial charge in [-0.15, -0.1) is 0 Å². The van der Waals surface area contributed by atoms with E-state index in [9.17, 15) is 0 Å². The van der Waals surface area contributed by atoms with Gasteiger partial charge in [0.05, 0.1) is 19.3 Å². The standard InChI is InChI=1S/C15H24N4O2/c1-10-13(16)17-14(11-2-3-11)18-15(10)19-6-4-12(5-7-19)21-9-8-20/h11-12,20H,2-9H2,1H3,(H2,16,17,18). The third-order valence-electron chi connectivity index (χ3n) is 4.30. The van der Waals surface area contributed by atoms with Gasteiger partial charge >= 0.3 is 0 Å². The van der Waals surface area contributed by atoms with Crippen LogP contribution in [0.3, 0.4) is 0 Å². The van der Waals surface area contributed by atoms with E-state index in [0.29, 0.717) is 18.3 Å². The van der Waals surface area contributed by atoms with Crippen LogP contribution in [0.2, 0.25) is 0 Å². The van der Waals surface area contributed by atoms with Gasteiger partial charge in [-0.05, 0) is 32.6 Å². The third-order valence-corrected chi connectivity index (χ3v) is 4.30. The third kappa shape index (κ3) is 3.27. The smallest absolute Gasteiger partial charge is 0.137 e. The summed E-state index contributed by atoms with van der Waals surface area (Å²) in [6, 6.07) is 0. The van der Waals surface area contributed by atoms with Crippen molar-refractivity contribution in [3.8, 4) is 0 Å². The van der Waals surface area contributed by atoms with E-state index in [0.717, 1.165) is 43.1 Å². The van der Waals surface area contributed by atoms with Crippen LogP contribution in [0.1, 0.15) is 43.0 Å². The summed E-state index contributed by atoms with van der Waals surface area (Å²) in [5, 5.41) is 8.82. The highest BCUT2D eigenvalue weighted by Gasteiger charge is 2.29. The number of nitrogens with two attached hydrogens (primary N) is 1. The summed E-state index contributed by atoms with van der Waals surface area (Å²) >= 11 is 0. The van der Waals surface area contributed by atoms with Crippen molar-refractivity contribution in [1.82, 2.24) is 9.97 Å². The lowest BCUT2D eigenvalue weighted by molar-refractivity contribution is 0.0158. The predicted octanol–water partition coefficient (Wildman–Crippen LogP) is 1.22. The van der Waals surface area contributed by atoms with Crippen LogP contribution in [0.5, 0.6) is 0 Å². The van der Waals surface area contributed by atoms with Crippen LogP contribution in [0.4, 0.5) is 11.6 Å². The van der Waals surface area contributed by atoms with Crippen molar-refractivity contribution in [3.63, 3.8) is 0 Å². The summed E-state index contributed by atoms with van der Waals surface area (Å²) in [4.78, 5) is 11.5. The first-order chi connectivity index (χ1) is 10.2. The number of nitrogens with zero attached hydrogens (tertiary/aromatic N) is 3. The second-order valence-corrected chi connectivity index (χ2v) is 5.97. The van der Waals surface area contributed by atoms with Crippen LogP contribution in [-0.2, 0) is 4.74 Å². The molecule has 0 amide bonds. The molecule has 6 heteroatoms. The molecule has 3 rings (SSSR count). The Kier molecular flexibility index (Phi) is 4.26. The molecular weight excluding hydrogens is 268 g/mol. The first-order valence-electron chi connectivity index (χ1n) is 7.80. The second-order valence-electron chi connectivity index (χ2n) is 5.97. The van der Waals surface area contributed by atoms with Gasteiger partial charge in [-0.25, -0.2) is 9.97 Å². The Balaban J connectivity index is 1.69. The molecule has 0 aromatic carbocycles. The molecule has 1 saturated carbocycles. The number of ether oxygens (including phenoxy) is 1. The minimum absolute atomic E-state index is 0.0898. The Morgan fingerprint density at radius 3 is 2.57 bits per heavy atom. The van der Waals surface area contributed by atoms with Crippen molar-refractivity contribution in [2.45, 2.75) is 44.6 Å². The number of aliphatic hydroxyl groups is 1. The molecule has 21 heavy (non-hydrogen) atoms.